The fraction of sp³-hybridized carbons (Fsp3) is 0.500. The van der Waals surface area contributed by atoms with Crippen molar-refractivity contribution < 1.29 is 0 Å². The quantitative estimate of drug-likeness (QED) is 0.910. The Labute approximate surface area is 145 Å². The van der Waals surface area contributed by atoms with Crippen LogP contribution in [-0.4, -0.2) is 34.5 Å². The van der Waals surface area contributed by atoms with E-state index in [-0.39, 0.29) is 0 Å². The molecule has 0 amide bonds. The number of aromatic nitrogens is 2. The normalized spacial score (nSPS) is 15.6. The molecule has 0 saturated carbocycles. The number of nitrogens with zero attached hydrogens (tertiary/aromatic N) is 3. The standard InChI is InChI=1S/C20H28N4/c1-15-8-6-10-18(16(15)2)19-14-17(22-20(21)23-19)9-7-13-24-11-4-3-5-12-24/h6,8,10,14H,3-5,7,9,11-13H2,1-2H3,(H2,21,22,23). The van der Waals surface area contributed by atoms with E-state index in [2.05, 4.69) is 53.0 Å². The van der Waals surface area contributed by atoms with E-state index in [0.717, 1.165) is 36.3 Å². The Balaban J connectivity index is 1.70. The molecule has 1 aromatic heterocycles. The number of nitrogen functional groups attached to an aromatic ring is 1. The molecule has 1 fully saturated rings. The average Bonchev–Trinajstić information content (AvgIpc) is 2.58. The summed E-state index contributed by atoms with van der Waals surface area (Å²) < 4.78 is 0. The highest BCUT2D eigenvalue weighted by atomic mass is 15.1. The summed E-state index contributed by atoms with van der Waals surface area (Å²) in [6, 6.07) is 8.42. The molecule has 24 heavy (non-hydrogen) atoms. The lowest BCUT2D eigenvalue weighted by Gasteiger charge is -2.26. The zero-order valence-electron chi connectivity index (χ0n) is 14.9. The molecule has 1 aromatic carbocycles. The second kappa shape index (κ2) is 7.75. The van der Waals surface area contributed by atoms with Crippen LogP contribution in [0.15, 0.2) is 24.3 Å². The van der Waals surface area contributed by atoms with Crippen LogP contribution in [0.4, 0.5) is 5.95 Å². The second-order valence-corrected chi connectivity index (χ2v) is 6.86. The van der Waals surface area contributed by atoms with Gasteiger partial charge in [-0.3, -0.25) is 0 Å². The summed E-state index contributed by atoms with van der Waals surface area (Å²) in [4.78, 5) is 11.5. The number of aryl methyl sites for hydroxylation is 2. The van der Waals surface area contributed by atoms with Crippen molar-refractivity contribution in [2.24, 2.45) is 0 Å². The van der Waals surface area contributed by atoms with Gasteiger partial charge in [0, 0.05) is 11.3 Å². The molecule has 0 spiro atoms. The molecule has 0 bridgehead atoms. The van der Waals surface area contributed by atoms with Crippen molar-refractivity contribution in [1.29, 1.82) is 0 Å². The molecule has 2 heterocycles. The Kier molecular flexibility index (Phi) is 5.46. The van der Waals surface area contributed by atoms with Gasteiger partial charge >= 0.3 is 0 Å². The zero-order valence-corrected chi connectivity index (χ0v) is 14.9. The van der Waals surface area contributed by atoms with Crippen molar-refractivity contribution in [2.45, 2.75) is 46.0 Å². The van der Waals surface area contributed by atoms with Crippen molar-refractivity contribution in [1.82, 2.24) is 14.9 Å². The first kappa shape index (κ1) is 16.9. The lowest BCUT2D eigenvalue weighted by atomic mass is 10.00. The van der Waals surface area contributed by atoms with Crippen LogP contribution < -0.4 is 5.73 Å². The lowest BCUT2D eigenvalue weighted by molar-refractivity contribution is 0.226. The van der Waals surface area contributed by atoms with Gasteiger partial charge in [-0.2, -0.15) is 0 Å². The maximum Gasteiger partial charge on any atom is 0.220 e. The smallest absolute Gasteiger partial charge is 0.220 e. The molecule has 3 rings (SSSR count). The monoisotopic (exact) mass is 324 g/mol. The summed E-state index contributed by atoms with van der Waals surface area (Å²) >= 11 is 0. The average molecular weight is 324 g/mol. The molecule has 0 unspecified atom stereocenters. The minimum absolute atomic E-state index is 0.376. The van der Waals surface area contributed by atoms with Crippen LogP contribution in [0.2, 0.25) is 0 Å². The third kappa shape index (κ3) is 4.12. The molecular weight excluding hydrogens is 296 g/mol. The maximum atomic E-state index is 5.97. The summed E-state index contributed by atoms with van der Waals surface area (Å²) in [6.45, 7) is 7.92. The van der Waals surface area contributed by atoms with Crippen molar-refractivity contribution in [3.8, 4) is 11.3 Å². The molecule has 4 nitrogen and oxygen atoms in total. The molecular formula is C20H28N4. The van der Waals surface area contributed by atoms with E-state index < -0.39 is 0 Å². The van der Waals surface area contributed by atoms with Gasteiger partial charge in [0.25, 0.3) is 0 Å². The van der Waals surface area contributed by atoms with Gasteiger partial charge in [0.15, 0.2) is 0 Å². The second-order valence-electron chi connectivity index (χ2n) is 6.86. The Hall–Kier alpha value is -1.94. The Bertz CT molecular complexity index is 690. The van der Waals surface area contributed by atoms with E-state index in [1.54, 1.807) is 0 Å². The van der Waals surface area contributed by atoms with Crippen molar-refractivity contribution >= 4 is 5.95 Å². The van der Waals surface area contributed by atoms with E-state index in [1.165, 1.54) is 43.5 Å². The largest absolute Gasteiger partial charge is 0.368 e. The number of rotatable bonds is 5. The molecule has 0 radical (unpaired) electrons. The summed E-state index contributed by atoms with van der Waals surface area (Å²) in [5, 5.41) is 0. The van der Waals surface area contributed by atoms with Gasteiger partial charge in [0.2, 0.25) is 5.95 Å². The number of benzene rings is 1. The fourth-order valence-electron chi connectivity index (χ4n) is 3.48. The summed E-state index contributed by atoms with van der Waals surface area (Å²) in [5.74, 6) is 0.376. The molecule has 4 heteroatoms. The van der Waals surface area contributed by atoms with E-state index in [4.69, 9.17) is 5.73 Å². The van der Waals surface area contributed by atoms with Gasteiger partial charge in [0.05, 0.1) is 5.69 Å². The van der Waals surface area contributed by atoms with Gasteiger partial charge in [-0.1, -0.05) is 24.6 Å². The van der Waals surface area contributed by atoms with Gasteiger partial charge in [-0.15, -0.1) is 0 Å². The predicted octanol–water partition coefficient (Wildman–Crippen LogP) is 3.76. The van der Waals surface area contributed by atoms with Crippen LogP contribution in [0.25, 0.3) is 11.3 Å². The first-order chi connectivity index (χ1) is 11.6. The predicted molar refractivity (Wildman–Crippen MR) is 100.0 cm³/mol. The number of hydrogen-bond donors (Lipinski definition) is 1. The van der Waals surface area contributed by atoms with E-state index in [0.29, 0.717) is 5.95 Å². The molecule has 1 saturated heterocycles. The number of piperidine rings is 1. The van der Waals surface area contributed by atoms with E-state index in [9.17, 15) is 0 Å². The van der Waals surface area contributed by atoms with Crippen LogP contribution >= 0.6 is 0 Å². The highest BCUT2D eigenvalue weighted by Crippen LogP contribution is 2.25. The molecule has 0 aliphatic carbocycles. The summed E-state index contributed by atoms with van der Waals surface area (Å²) in [6.07, 6.45) is 6.16. The van der Waals surface area contributed by atoms with E-state index in [1.807, 2.05) is 0 Å². The van der Waals surface area contributed by atoms with E-state index >= 15 is 0 Å². The minimum atomic E-state index is 0.376. The fourth-order valence-corrected chi connectivity index (χ4v) is 3.48. The first-order valence-electron chi connectivity index (χ1n) is 9.06. The Morgan fingerprint density at radius 1 is 1.08 bits per heavy atom. The summed E-state index contributed by atoms with van der Waals surface area (Å²) in [7, 11) is 0. The van der Waals surface area contributed by atoms with Gasteiger partial charge in [-0.05, 0) is 76.4 Å². The van der Waals surface area contributed by atoms with Gasteiger partial charge < -0.3 is 10.6 Å². The Morgan fingerprint density at radius 2 is 1.88 bits per heavy atom. The molecule has 1 aliphatic rings. The maximum absolute atomic E-state index is 5.97. The number of likely N-dealkylation sites (tertiary alicyclic amines) is 1. The lowest BCUT2D eigenvalue weighted by Crippen LogP contribution is -2.30. The van der Waals surface area contributed by atoms with Crippen LogP contribution in [0, 0.1) is 13.8 Å². The highest BCUT2D eigenvalue weighted by Gasteiger charge is 2.11. The van der Waals surface area contributed by atoms with Crippen LogP contribution in [-0.2, 0) is 6.42 Å². The van der Waals surface area contributed by atoms with Crippen LogP contribution in [0.5, 0.6) is 0 Å². The van der Waals surface area contributed by atoms with Crippen LogP contribution in [0.3, 0.4) is 0 Å². The van der Waals surface area contributed by atoms with Gasteiger partial charge in [0.1, 0.15) is 0 Å². The van der Waals surface area contributed by atoms with Crippen molar-refractivity contribution in [2.75, 3.05) is 25.4 Å². The number of nitrogens with two attached hydrogens (primary N) is 1. The Morgan fingerprint density at radius 3 is 2.67 bits per heavy atom. The SMILES string of the molecule is Cc1cccc(-c2cc(CCCN3CCCCC3)nc(N)n2)c1C. The number of hydrogen-bond acceptors (Lipinski definition) is 4. The summed E-state index contributed by atoms with van der Waals surface area (Å²) in [5.41, 5.74) is 11.6. The molecule has 128 valence electrons. The molecule has 1 aliphatic heterocycles. The van der Waals surface area contributed by atoms with Gasteiger partial charge in [-0.25, -0.2) is 9.97 Å². The third-order valence-electron chi connectivity index (χ3n) is 5.03. The highest BCUT2D eigenvalue weighted by molar-refractivity contribution is 5.66. The molecule has 2 aromatic rings. The topological polar surface area (TPSA) is 55.0 Å². The van der Waals surface area contributed by atoms with Crippen molar-refractivity contribution in [3.63, 3.8) is 0 Å². The van der Waals surface area contributed by atoms with Crippen molar-refractivity contribution in [3.05, 3.63) is 41.1 Å². The first-order valence-corrected chi connectivity index (χ1v) is 9.06. The third-order valence-corrected chi connectivity index (χ3v) is 5.03. The molecule has 2 N–H and O–H groups in total. The zero-order chi connectivity index (χ0) is 16.9. The molecule has 0 atom stereocenters. The van der Waals surface area contributed by atoms with Crippen LogP contribution in [0.1, 0.15) is 42.5 Å². The minimum Gasteiger partial charge on any atom is -0.368 e. The number of anilines is 1.